The molecule has 1 amide bonds. The molecule has 2 N–H and O–H groups in total. The lowest BCUT2D eigenvalue weighted by Crippen LogP contribution is -2.42. The zero-order chi connectivity index (χ0) is 15.7. The molecule has 20 heavy (non-hydrogen) atoms. The van der Waals surface area contributed by atoms with E-state index in [1.807, 2.05) is 0 Å². The molecule has 0 aromatic carbocycles. The predicted octanol–water partition coefficient (Wildman–Crippen LogP) is 1.42. The fraction of sp³-hybridized carbons (Fsp3) is 0.769. The van der Waals surface area contributed by atoms with Gasteiger partial charge in [-0.15, -0.1) is 0 Å². The number of hydrogen-bond acceptors (Lipinski definition) is 4. The summed E-state index contributed by atoms with van der Waals surface area (Å²) in [5.74, 6) is -3.53. The van der Waals surface area contributed by atoms with Gasteiger partial charge in [0.15, 0.2) is 0 Å². The van der Waals surface area contributed by atoms with E-state index in [1.54, 1.807) is 27.7 Å². The molecule has 1 aliphatic heterocycles. The average molecular weight is 287 g/mol. The number of rotatable bonds is 3. The molecular formula is C13H21NO6. The van der Waals surface area contributed by atoms with Crippen molar-refractivity contribution in [1.82, 2.24) is 4.90 Å². The third kappa shape index (κ3) is 3.02. The molecule has 0 aromatic heterocycles. The number of nitrogens with zero attached hydrogens (tertiary/aromatic N) is 1. The molecule has 1 saturated heterocycles. The summed E-state index contributed by atoms with van der Waals surface area (Å²) in [5.41, 5.74) is -2.17. The minimum atomic E-state index is -1.46. The first-order valence-corrected chi connectivity index (χ1v) is 6.47. The molecule has 0 aromatic rings. The molecule has 114 valence electrons. The smallest absolute Gasteiger partial charge is 0.410 e. The van der Waals surface area contributed by atoms with Crippen LogP contribution in [0.3, 0.4) is 0 Å². The summed E-state index contributed by atoms with van der Waals surface area (Å²) in [6.45, 7) is 6.40. The first kappa shape index (κ1) is 16.3. The highest BCUT2D eigenvalue weighted by Crippen LogP contribution is 2.40. The maximum Gasteiger partial charge on any atom is 0.410 e. The fourth-order valence-electron chi connectivity index (χ4n) is 2.42. The van der Waals surface area contributed by atoms with Gasteiger partial charge < -0.3 is 19.8 Å². The largest absolute Gasteiger partial charge is 0.481 e. The zero-order valence-corrected chi connectivity index (χ0v) is 12.2. The molecule has 1 fully saturated rings. The molecule has 1 rings (SSSR count). The molecule has 1 aliphatic rings. The van der Waals surface area contributed by atoms with Crippen molar-refractivity contribution >= 4 is 18.0 Å². The van der Waals surface area contributed by atoms with Crippen LogP contribution in [0.25, 0.3) is 0 Å². The molecule has 0 aliphatic carbocycles. The Labute approximate surface area is 117 Å². The first-order chi connectivity index (χ1) is 9.03. The van der Waals surface area contributed by atoms with E-state index in [0.717, 1.165) is 0 Å². The van der Waals surface area contributed by atoms with Gasteiger partial charge in [0.1, 0.15) is 11.0 Å². The Morgan fingerprint density at radius 1 is 1.30 bits per heavy atom. The van der Waals surface area contributed by atoms with Crippen LogP contribution < -0.4 is 0 Å². The van der Waals surface area contributed by atoms with E-state index in [0.29, 0.717) is 0 Å². The number of carbonyl (C=O) groups is 3. The summed E-state index contributed by atoms with van der Waals surface area (Å²) < 4.78 is 5.17. The Bertz CT molecular complexity index is 427. The van der Waals surface area contributed by atoms with Gasteiger partial charge in [-0.2, -0.15) is 0 Å². The summed E-state index contributed by atoms with van der Waals surface area (Å²) >= 11 is 0. The van der Waals surface area contributed by atoms with Gasteiger partial charge in [0.2, 0.25) is 0 Å². The molecule has 2 unspecified atom stereocenters. The van der Waals surface area contributed by atoms with E-state index < -0.39 is 35.0 Å². The lowest BCUT2D eigenvalue weighted by Gasteiger charge is -2.27. The average Bonchev–Trinajstić information content (AvgIpc) is 2.67. The van der Waals surface area contributed by atoms with Gasteiger partial charge in [-0.05, 0) is 27.2 Å². The summed E-state index contributed by atoms with van der Waals surface area (Å²) in [5, 5.41) is 18.6. The Morgan fingerprint density at radius 3 is 2.15 bits per heavy atom. The Hall–Kier alpha value is -1.79. The van der Waals surface area contributed by atoms with Crippen molar-refractivity contribution in [2.75, 3.05) is 13.1 Å². The normalized spacial score (nSPS) is 26.4. The quantitative estimate of drug-likeness (QED) is 0.813. The Morgan fingerprint density at radius 2 is 1.85 bits per heavy atom. The summed E-state index contributed by atoms with van der Waals surface area (Å²) in [6, 6.07) is 0. The highest BCUT2D eigenvalue weighted by atomic mass is 16.6. The van der Waals surface area contributed by atoms with Crippen molar-refractivity contribution in [3.8, 4) is 0 Å². The standard InChI is InChI=1S/C13H21NO6/c1-5-13(10(17)18)7-14(6-8(13)9(15)16)11(19)20-12(2,3)4/h8H,5-7H2,1-4H3,(H,15,16)(H,17,18). The van der Waals surface area contributed by atoms with Crippen molar-refractivity contribution < 1.29 is 29.3 Å². The number of carbonyl (C=O) groups excluding carboxylic acids is 1. The number of likely N-dealkylation sites (tertiary alicyclic amines) is 1. The second-order valence-corrected chi connectivity index (χ2v) is 6.07. The number of carboxylic acids is 2. The van der Waals surface area contributed by atoms with E-state index in [-0.39, 0.29) is 19.5 Å². The van der Waals surface area contributed by atoms with Crippen LogP contribution in [0, 0.1) is 11.3 Å². The topological polar surface area (TPSA) is 104 Å². The molecule has 0 radical (unpaired) electrons. The number of carboxylic acid groups (broad SMARTS) is 2. The maximum absolute atomic E-state index is 12.0. The van der Waals surface area contributed by atoms with E-state index in [9.17, 15) is 24.6 Å². The first-order valence-electron chi connectivity index (χ1n) is 6.47. The van der Waals surface area contributed by atoms with Gasteiger partial charge in [-0.25, -0.2) is 4.79 Å². The molecule has 0 bridgehead atoms. The molecule has 7 heteroatoms. The minimum absolute atomic E-state index is 0.137. The molecular weight excluding hydrogens is 266 g/mol. The van der Waals surface area contributed by atoms with Crippen LogP contribution in [0.1, 0.15) is 34.1 Å². The molecule has 7 nitrogen and oxygen atoms in total. The van der Waals surface area contributed by atoms with Crippen LogP contribution >= 0.6 is 0 Å². The van der Waals surface area contributed by atoms with Crippen LogP contribution in [-0.4, -0.2) is 51.8 Å². The van der Waals surface area contributed by atoms with Crippen LogP contribution in [-0.2, 0) is 14.3 Å². The van der Waals surface area contributed by atoms with Crippen LogP contribution in [0.2, 0.25) is 0 Å². The minimum Gasteiger partial charge on any atom is -0.481 e. The third-order valence-corrected chi connectivity index (χ3v) is 3.55. The summed E-state index contributed by atoms with van der Waals surface area (Å²) in [6.07, 6.45) is -0.543. The SMILES string of the molecule is CCC1(C(=O)O)CN(C(=O)OC(C)(C)C)CC1C(=O)O. The zero-order valence-electron chi connectivity index (χ0n) is 12.2. The number of ether oxygens (including phenoxy) is 1. The lowest BCUT2D eigenvalue weighted by atomic mass is 9.76. The Balaban J connectivity index is 2.99. The van der Waals surface area contributed by atoms with Gasteiger partial charge in [0.25, 0.3) is 0 Å². The summed E-state index contributed by atoms with van der Waals surface area (Å²) in [4.78, 5) is 35.9. The lowest BCUT2D eigenvalue weighted by molar-refractivity contribution is -0.159. The number of hydrogen-bond donors (Lipinski definition) is 2. The Kier molecular flexibility index (Phi) is 4.31. The molecule has 1 heterocycles. The van der Waals surface area contributed by atoms with Crippen LogP contribution in [0.5, 0.6) is 0 Å². The summed E-state index contributed by atoms with van der Waals surface area (Å²) in [7, 11) is 0. The molecule has 0 saturated carbocycles. The van der Waals surface area contributed by atoms with E-state index in [2.05, 4.69) is 0 Å². The van der Waals surface area contributed by atoms with Crippen molar-refractivity contribution in [3.63, 3.8) is 0 Å². The van der Waals surface area contributed by atoms with Crippen molar-refractivity contribution in [2.24, 2.45) is 11.3 Å². The van der Waals surface area contributed by atoms with Crippen molar-refractivity contribution in [1.29, 1.82) is 0 Å². The molecule has 2 atom stereocenters. The second-order valence-electron chi connectivity index (χ2n) is 6.07. The van der Waals surface area contributed by atoms with E-state index >= 15 is 0 Å². The van der Waals surface area contributed by atoms with E-state index in [1.165, 1.54) is 4.90 Å². The third-order valence-electron chi connectivity index (χ3n) is 3.55. The van der Waals surface area contributed by atoms with Gasteiger partial charge in [0.05, 0.1) is 5.92 Å². The van der Waals surface area contributed by atoms with E-state index in [4.69, 9.17) is 4.74 Å². The molecule has 0 spiro atoms. The monoisotopic (exact) mass is 287 g/mol. The van der Waals surface area contributed by atoms with Crippen LogP contribution in [0.4, 0.5) is 4.79 Å². The predicted molar refractivity (Wildman–Crippen MR) is 69.3 cm³/mol. The van der Waals surface area contributed by atoms with Gasteiger partial charge in [-0.3, -0.25) is 9.59 Å². The fourth-order valence-corrected chi connectivity index (χ4v) is 2.42. The highest BCUT2D eigenvalue weighted by Gasteiger charge is 2.56. The second kappa shape index (κ2) is 5.30. The van der Waals surface area contributed by atoms with Crippen molar-refractivity contribution in [2.45, 2.75) is 39.7 Å². The van der Waals surface area contributed by atoms with Crippen LogP contribution in [0.15, 0.2) is 0 Å². The number of aliphatic carboxylic acids is 2. The van der Waals surface area contributed by atoms with Gasteiger partial charge in [0, 0.05) is 13.1 Å². The van der Waals surface area contributed by atoms with Gasteiger partial charge >= 0.3 is 18.0 Å². The maximum atomic E-state index is 12.0. The van der Waals surface area contributed by atoms with Crippen molar-refractivity contribution in [3.05, 3.63) is 0 Å². The number of amides is 1. The highest BCUT2D eigenvalue weighted by molar-refractivity contribution is 5.86. The van der Waals surface area contributed by atoms with Gasteiger partial charge in [-0.1, -0.05) is 6.92 Å².